The molecule has 3 atom stereocenters. The summed E-state index contributed by atoms with van der Waals surface area (Å²) in [5, 5.41) is 5.36. The molecule has 1 aromatic rings. The van der Waals surface area contributed by atoms with Gasteiger partial charge in [0.15, 0.2) is 5.17 Å². The van der Waals surface area contributed by atoms with E-state index < -0.39 is 0 Å². The number of thioether (sulfide) groups is 1. The minimum Gasteiger partial charge on any atom is -0.358 e. The molecule has 1 N–H and O–H groups in total. The molecule has 1 aromatic carbocycles. The summed E-state index contributed by atoms with van der Waals surface area (Å²) >= 11 is 1.87. The van der Waals surface area contributed by atoms with Gasteiger partial charge in [-0.05, 0) is 25.3 Å². The number of hydrogen-bond acceptors (Lipinski definition) is 3. The van der Waals surface area contributed by atoms with Crippen LogP contribution in [0.15, 0.2) is 35.3 Å². The molecular formula is C15H22N2S. The zero-order valence-electron chi connectivity index (χ0n) is 11.4. The average Bonchev–Trinajstić information content (AvgIpc) is 2.36. The van der Waals surface area contributed by atoms with Gasteiger partial charge >= 0.3 is 0 Å². The van der Waals surface area contributed by atoms with Gasteiger partial charge in [0, 0.05) is 5.25 Å². The molecule has 0 radical (unpaired) electrons. The van der Waals surface area contributed by atoms with Gasteiger partial charge in [-0.3, -0.25) is 4.99 Å². The summed E-state index contributed by atoms with van der Waals surface area (Å²) in [5.74, 6) is 0. The van der Waals surface area contributed by atoms with Crippen LogP contribution in [0.5, 0.6) is 0 Å². The number of nitrogens with one attached hydrogen (secondary N) is 1. The zero-order valence-corrected chi connectivity index (χ0v) is 12.2. The number of benzene rings is 1. The Kier molecular flexibility index (Phi) is 4.70. The normalized spacial score (nSPS) is 25.4. The number of nitrogens with zero attached hydrogens (tertiary/aromatic N) is 1. The number of amidine groups is 1. The second-order valence-corrected chi connectivity index (χ2v) is 6.39. The van der Waals surface area contributed by atoms with Gasteiger partial charge in [0.25, 0.3) is 0 Å². The lowest BCUT2D eigenvalue weighted by atomic mass is 10.1. The molecule has 18 heavy (non-hydrogen) atoms. The van der Waals surface area contributed by atoms with Crippen molar-refractivity contribution in [2.75, 3.05) is 0 Å². The van der Waals surface area contributed by atoms with Crippen molar-refractivity contribution >= 4 is 16.9 Å². The van der Waals surface area contributed by atoms with Crippen LogP contribution >= 0.6 is 11.8 Å². The molecule has 0 fully saturated rings. The van der Waals surface area contributed by atoms with Gasteiger partial charge in [-0.25, -0.2) is 0 Å². The highest BCUT2D eigenvalue weighted by Gasteiger charge is 2.20. The van der Waals surface area contributed by atoms with E-state index in [1.54, 1.807) is 0 Å². The topological polar surface area (TPSA) is 24.4 Å². The van der Waals surface area contributed by atoms with Gasteiger partial charge in [-0.15, -0.1) is 0 Å². The maximum absolute atomic E-state index is 4.71. The molecule has 0 bridgehead atoms. The van der Waals surface area contributed by atoms with Crippen LogP contribution in [0.2, 0.25) is 0 Å². The Balaban J connectivity index is 2.07. The van der Waals surface area contributed by atoms with Crippen molar-refractivity contribution in [3.05, 3.63) is 35.9 Å². The second-order valence-electron chi connectivity index (χ2n) is 4.96. The predicted molar refractivity (Wildman–Crippen MR) is 81.2 cm³/mol. The first-order valence-electron chi connectivity index (χ1n) is 6.75. The van der Waals surface area contributed by atoms with Crippen LogP contribution in [-0.2, 0) is 0 Å². The van der Waals surface area contributed by atoms with Crippen LogP contribution in [0.25, 0.3) is 0 Å². The summed E-state index contributed by atoms with van der Waals surface area (Å²) in [6.07, 6.45) is 2.25. The lowest BCUT2D eigenvalue weighted by Crippen LogP contribution is -2.31. The first-order valence-corrected chi connectivity index (χ1v) is 7.63. The number of rotatable bonds is 3. The van der Waals surface area contributed by atoms with Crippen molar-refractivity contribution < 1.29 is 0 Å². The SMILES string of the molecule is CCC(NC1=NC(C)CC(C)S1)c1ccccc1. The summed E-state index contributed by atoms with van der Waals surface area (Å²) < 4.78 is 0. The van der Waals surface area contributed by atoms with Crippen LogP contribution in [-0.4, -0.2) is 16.5 Å². The Morgan fingerprint density at radius 2 is 2.06 bits per heavy atom. The molecule has 0 aliphatic carbocycles. The monoisotopic (exact) mass is 262 g/mol. The Bertz CT molecular complexity index is 402. The Morgan fingerprint density at radius 1 is 1.33 bits per heavy atom. The molecule has 2 nitrogen and oxygen atoms in total. The van der Waals surface area contributed by atoms with E-state index in [9.17, 15) is 0 Å². The molecule has 0 saturated carbocycles. The highest BCUT2D eigenvalue weighted by atomic mass is 32.2. The summed E-state index contributed by atoms with van der Waals surface area (Å²) in [6.45, 7) is 6.69. The van der Waals surface area contributed by atoms with Crippen LogP contribution < -0.4 is 5.32 Å². The lowest BCUT2D eigenvalue weighted by Gasteiger charge is -2.26. The highest BCUT2D eigenvalue weighted by molar-refractivity contribution is 8.14. The molecule has 0 amide bonds. The minimum atomic E-state index is 0.370. The van der Waals surface area contributed by atoms with Gasteiger partial charge in [-0.1, -0.05) is 55.9 Å². The van der Waals surface area contributed by atoms with Crippen LogP contribution in [0.3, 0.4) is 0 Å². The Labute approximate surface area is 114 Å². The van der Waals surface area contributed by atoms with Gasteiger partial charge < -0.3 is 5.32 Å². The molecule has 2 rings (SSSR count). The molecule has 0 spiro atoms. The summed E-state index contributed by atoms with van der Waals surface area (Å²) in [7, 11) is 0. The number of hydrogen-bond donors (Lipinski definition) is 1. The molecule has 0 aromatic heterocycles. The van der Waals surface area contributed by atoms with E-state index in [0.29, 0.717) is 17.3 Å². The molecule has 1 heterocycles. The highest BCUT2D eigenvalue weighted by Crippen LogP contribution is 2.26. The molecule has 0 saturated heterocycles. The molecule has 1 aliphatic rings. The van der Waals surface area contributed by atoms with E-state index in [2.05, 4.69) is 56.4 Å². The van der Waals surface area contributed by atoms with Gasteiger partial charge in [-0.2, -0.15) is 0 Å². The molecule has 98 valence electrons. The summed E-state index contributed by atoms with van der Waals surface area (Å²) in [6, 6.07) is 11.4. The van der Waals surface area contributed by atoms with Crippen molar-refractivity contribution in [2.24, 2.45) is 4.99 Å². The van der Waals surface area contributed by atoms with Crippen molar-refractivity contribution in [1.29, 1.82) is 0 Å². The summed E-state index contributed by atoms with van der Waals surface area (Å²) in [5.41, 5.74) is 1.34. The average molecular weight is 262 g/mol. The van der Waals surface area contributed by atoms with Crippen LogP contribution in [0, 0.1) is 0 Å². The standard InChI is InChI=1S/C15H22N2S/c1-4-14(13-8-6-5-7-9-13)17-15-16-11(2)10-12(3)18-15/h5-9,11-12,14H,4,10H2,1-3H3,(H,16,17). The fraction of sp³-hybridized carbons (Fsp3) is 0.533. The quantitative estimate of drug-likeness (QED) is 0.890. The van der Waals surface area contributed by atoms with E-state index in [1.807, 2.05) is 11.8 Å². The van der Waals surface area contributed by atoms with E-state index in [-0.39, 0.29) is 0 Å². The lowest BCUT2D eigenvalue weighted by molar-refractivity contribution is 0.610. The maximum Gasteiger partial charge on any atom is 0.157 e. The van der Waals surface area contributed by atoms with Gasteiger partial charge in [0.2, 0.25) is 0 Å². The van der Waals surface area contributed by atoms with Crippen molar-refractivity contribution in [2.45, 2.75) is 50.9 Å². The zero-order chi connectivity index (χ0) is 13.0. The largest absolute Gasteiger partial charge is 0.358 e. The molecule has 3 heteroatoms. The van der Waals surface area contributed by atoms with Crippen LogP contribution in [0.1, 0.15) is 45.2 Å². The van der Waals surface area contributed by atoms with Crippen molar-refractivity contribution in [3.8, 4) is 0 Å². The fourth-order valence-electron chi connectivity index (χ4n) is 2.33. The third kappa shape index (κ3) is 3.52. The predicted octanol–water partition coefficient (Wildman–Crippen LogP) is 4.00. The first-order chi connectivity index (χ1) is 8.69. The molecule has 3 unspecified atom stereocenters. The number of aliphatic imine (C=N–C) groups is 1. The van der Waals surface area contributed by atoms with E-state index >= 15 is 0 Å². The minimum absolute atomic E-state index is 0.370. The van der Waals surface area contributed by atoms with Gasteiger partial charge in [0.1, 0.15) is 0 Å². The van der Waals surface area contributed by atoms with Crippen molar-refractivity contribution in [1.82, 2.24) is 5.32 Å². The Hall–Kier alpha value is -0.960. The van der Waals surface area contributed by atoms with E-state index in [1.165, 1.54) is 12.0 Å². The first kappa shape index (κ1) is 13.5. The van der Waals surface area contributed by atoms with E-state index in [4.69, 9.17) is 4.99 Å². The molecule has 1 aliphatic heterocycles. The summed E-state index contributed by atoms with van der Waals surface area (Å²) in [4.78, 5) is 4.71. The smallest absolute Gasteiger partial charge is 0.157 e. The second kappa shape index (κ2) is 6.28. The third-order valence-electron chi connectivity index (χ3n) is 3.23. The van der Waals surface area contributed by atoms with Crippen molar-refractivity contribution in [3.63, 3.8) is 0 Å². The maximum atomic E-state index is 4.71. The Morgan fingerprint density at radius 3 is 2.67 bits per heavy atom. The van der Waals surface area contributed by atoms with Gasteiger partial charge in [0.05, 0.1) is 12.1 Å². The van der Waals surface area contributed by atoms with E-state index in [0.717, 1.165) is 11.6 Å². The molecular weight excluding hydrogens is 240 g/mol. The third-order valence-corrected chi connectivity index (χ3v) is 4.27. The van der Waals surface area contributed by atoms with Crippen LogP contribution in [0.4, 0.5) is 0 Å². The fourth-order valence-corrected chi connectivity index (χ4v) is 3.54.